The molecule has 0 aromatic carbocycles. The van der Waals surface area contributed by atoms with E-state index >= 15 is 0 Å². The average molecular weight is 302 g/mol. The van der Waals surface area contributed by atoms with Crippen molar-refractivity contribution in [2.45, 2.75) is 31.8 Å². The number of aliphatic carboxylic acids is 1. The Hall–Kier alpha value is -1.75. The lowest BCUT2D eigenvalue weighted by atomic mass is 10.2. The summed E-state index contributed by atoms with van der Waals surface area (Å²) in [6.45, 7) is 1.24. The summed E-state index contributed by atoms with van der Waals surface area (Å²) in [6.07, 6.45) is 5.99. The van der Waals surface area contributed by atoms with Crippen LogP contribution in [0.2, 0.25) is 0 Å². The summed E-state index contributed by atoms with van der Waals surface area (Å²) in [5, 5.41) is 11.4. The Balaban J connectivity index is 2.82. The minimum Gasteiger partial charge on any atom is -0.480 e. The van der Waals surface area contributed by atoms with Crippen LogP contribution in [0.15, 0.2) is 0 Å². The molecule has 0 aromatic rings. The molecule has 0 radical (unpaired) electrons. The number of nitrogens with zero attached hydrogens (tertiary/aromatic N) is 1. The molecule has 1 saturated heterocycles. The lowest BCUT2D eigenvalue weighted by Gasteiger charge is -2.27. The van der Waals surface area contributed by atoms with E-state index in [0.29, 0.717) is 6.42 Å². The van der Waals surface area contributed by atoms with Gasteiger partial charge in [-0.1, -0.05) is 12.8 Å². The smallest absolute Gasteiger partial charge is 0.323 e. The SMILES string of the molecule is C#CC(CC)NC(=O)N(CC(=O)O)C1CCS(=O)(=O)C1. The highest BCUT2D eigenvalue weighted by Crippen LogP contribution is 2.18. The highest BCUT2D eigenvalue weighted by Gasteiger charge is 2.35. The lowest BCUT2D eigenvalue weighted by molar-refractivity contribution is -0.138. The fourth-order valence-corrected chi connectivity index (χ4v) is 3.76. The number of hydrogen-bond donors (Lipinski definition) is 2. The highest BCUT2D eigenvalue weighted by molar-refractivity contribution is 7.91. The van der Waals surface area contributed by atoms with Gasteiger partial charge in [0.1, 0.15) is 6.54 Å². The van der Waals surface area contributed by atoms with Gasteiger partial charge in [-0.3, -0.25) is 4.79 Å². The number of amides is 2. The predicted molar refractivity (Wildman–Crippen MR) is 72.8 cm³/mol. The zero-order chi connectivity index (χ0) is 15.3. The van der Waals surface area contributed by atoms with Crippen LogP contribution < -0.4 is 5.32 Å². The molecule has 0 saturated carbocycles. The number of urea groups is 1. The van der Waals surface area contributed by atoms with E-state index in [1.165, 1.54) is 0 Å². The third kappa shape index (κ3) is 4.42. The molecule has 2 unspecified atom stereocenters. The number of carboxylic acid groups (broad SMARTS) is 1. The van der Waals surface area contributed by atoms with Crippen molar-refractivity contribution in [3.63, 3.8) is 0 Å². The molecule has 2 atom stereocenters. The van der Waals surface area contributed by atoms with E-state index in [1.807, 2.05) is 0 Å². The highest BCUT2D eigenvalue weighted by atomic mass is 32.2. The van der Waals surface area contributed by atoms with Gasteiger partial charge in [-0.2, -0.15) is 0 Å². The van der Waals surface area contributed by atoms with Gasteiger partial charge in [0.25, 0.3) is 0 Å². The number of hydrogen-bond acceptors (Lipinski definition) is 4. The Labute approximate surface area is 118 Å². The van der Waals surface area contributed by atoms with Crippen molar-refractivity contribution in [1.82, 2.24) is 10.2 Å². The van der Waals surface area contributed by atoms with Gasteiger partial charge >= 0.3 is 12.0 Å². The first-order chi connectivity index (χ1) is 9.29. The predicted octanol–water partition coefficient (Wildman–Crippen LogP) is -0.318. The Morgan fingerprint density at radius 2 is 2.20 bits per heavy atom. The van der Waals surface area contributed by atoms with Gasteiger partial charge in [-0.25, -0.2) is 13.2 Å². The molecule has 0 spiro atoms. The maximum Gasteiger partial charge on any atom is 0.323 e. The second kappa shape index (κ2) is 6.61. The van der Waals surface area contributed by atoms with Crippen molar-refractivity contribution in [2.75, 3.05) is 18.1 Å². The van der Waals surface area contributed by atoms with Gasteiger partial charge in [-0.05, 0) is 12.8 Å². The van der Waals surface area contributed by atoms with Crippen molar-refractivity contribution in [2.24, 2.45) is 0 Å². The first-order valence-corrected chi connectivity index (χ1v) is 8.06. The van der Waals surface area contributed by atoms with Gasteiger partial charge in [0.2, 0.25) is 0 Å². The van der Waals surface area contributed by atoms with Crippen molar-refractivity contribution in [3.8, 4) is 12.3 Å². The standard InChI is InChI=1S/C12H18N2O5S/c1-3-9(4-2)13-12(17)14(7-11(15)16)10-5-6-20(18,19)8-10/h1,9-10H,4-8H2,2H3,(H,13,17)(H,15,16). The van der Waals surface area contributed by atoms with E-state index < -0.39 is 40.5 Å². The third-order valence-corrected chi connectivity index (χ3v) is 4.87. The summed E-state index contributed by atoms with van der Waals surface area (Å²) >= 11 is 0. The summed E-state index contributed by atoms with van der Waals surface area (Å²) in [7, 11) is -3.20. The van der Waals surface area contributed by atoms with Gasteiger partial charge < -0.3 is 15.3 Å². The van der Waals surface area contributed by atoms with Crippen LogP contribution in [0.3, 0.4) is 0 Å². The van der Waals surface area contributed by atoms with E-state index in [9.17, 15) is 18.0 Å². The van der Waals surface area contributed by atoms with Crippen molar-refractivity contribution in [3.05, 3.63) is 0 Å². The van der Waals surface area contributed by atoms with E-state index in [0.717, 1.165) is 4.90 Å². The fraction of sp³-hybridized carbons (Fsp3) is 0.667. The number of nitrogens with one attached hydrogen (secondary N) is 1. The molecule has 112 valence electrons. The molecule has 20 heavy (non-hydrogen) atoms. The monoisotopic (exact) mass is 302 g/mol. The van der Waals surface area contributed by atoms with Crippen LogP contribution >= 0.6 is 0 Å². The molecular weight excluding hydrogens is 284 g/mol. The van der Waals surface area contributed by atoms with Crippen LogP contribution in [0.4, 0.5) is 4.79 Å². The topological polar surface area (TPSA) is 104 Å². The molecule has 1 heterocycles. The largest absolute Gasteiger partial charge is 0.480 e. The molecule has 0 bridgehead atoms. The van der Waals surface area contributed by atoms with E-state index in [2.05, 4.69) is 11.2 Å². The number of carbonyl (C=O) groups is 2. The molecule has 1 rings (SSSR count). The normalized spacial score (nSPS) is 21.7. The molecule has 8 heteroatoms. The Morgan fingerprint density at radius 1 is 1.55 bits per heavy atom. The van der Waals surface area contributed by atoms with Crippen LogP contribution in [-0.2, 0) is 14.6 Å². The molecular formula is C12H18N2O5S. The Bertz CT molecular complexity index is 522. The Morgan fingerprint density at radius 3 is 2.60 bits per heavy atom. The lowest BCUT2D eigenvalue weighted by Crippen LogP contribution is -2.51. The Kier molecular flexibility index (Phi) is 5.39. The molecule has 2 N–H and O–H groups in total. The van der Waals surface area contributed by atoms with Gasteiger partial charge in [0.15, 0.2) is 9.84 Å². The first kappa shape index (κ1) is 16.3. The fourth-order valence-electron chi connectivity index (χ4n) is 2.03. The number of carbonyl (C=O) groups excluding carboxylic acids is 1. The van der Waals surface area contributed by atoms with Crippen LogP contribution in [0.25, 0.3) is 0 Å². The zero-order valence-electron chi connectivity index (χ0n) is 11.2. The number of carboxylic acids is 1. The van der Waals surface area contributed by atoms with Crippen molar-refractivity contribution in [1.29, 1.82) is 0 Å². The van der Waals surface area contributed by atoms with Crippen LogP contribution in [0, 0.1) is 12.3 Å². The second-order valence-electron chi connectivity index (χ2n) is 4.66. The molecule has 7 nitrogen and oxygen atoms in total. The summed E-state index contributed by atoms with van der Waals surface area (Å²) in [5.41, 5.74) is 0. The number of sulfone groups is 1. The van der Waals surface area contributed by atoms with Crippen molar-refractivity contribution >= 4 is 21.8 Å². The zero-order valence-corrected chi connectivity index (χ0v) is 12.0. The summed E-state index contributed by atoms with van der Waals surface area (Å²) < 4.78 is 22.9. The molecule has 1 aliphatic heterocycles. The number of terminal acetylenes is 1. The minimum atomic E-state index is -3.20. The van der Waals surface area contributed by atoms with Crippen LogP contribution in [0.1, 0.15) is 19.8 Å². The molecule has 2 amide bonds. The van der Waals surface area contributed by atoms with Gasteiger partial charge in [-0.15, -0.1) is 6.42 Å². The first-order valence-electron chi connectivity index (χ1n) is 6.24. The van der Waals surface area contributed by atoms with E-state index in [1.54, 1.807) is 6.92 Å². The van der Waals surface area contributed by atoms with E-state index in [-0.39, 0.29) is 17.9 Å². The summed E-state index contributed by atoms with van der Waals surface area (Å²) in [5.74, 6) is 0.935. The minimum absolute atomic E-state index is 0.0343. The molecule has 0 aromatic heterocycles. The van der Waals surface area contributed by atoms with Crippen LogP contribution in [0.5, 0.6) is 0 Å². The summed E-state index contributed by atoms with van der Waals surface area (Å²) in [4.78, 5) is 23.9. The van der Waals surface area contributed by atoms with Crippen LogP contribution in [-0.4, -0.2) is 60.6 Å². The number of rotatable bonds is 5. The quantitative estimate of drug-likeness (QED) is 0.677. The van der Waals surface area contributed by atoms with E-state index in [4.69, 9.17) is 11.5 Å². The second-order valence-corrected chi connectivity index (χ2v) is 6.88. The molecule has 1 fully saturated rings. The molecule has 0 aliphatic carbocycles. The third-order valence-electron chi connectivity index (χ3n) is 3.12. The maximum absolute atomic E-state index is 12.1. The average Bonchev–Trinajstić information content (AvgIpc) is 2.72. The maximum atomic E-state index is 12.1. The van der Waals surface area contributed by atoms with Gasteiger partial charge in [0.05, 0.1) is 17.5 Å². The molecule has 1 aliphatic rings. The van der Waals surface area contributed by atoms with Gasteiger partial charge in [0, 0.05) is 6.04 Å². The van der Waals surface area contributed by atoms with Crippen molar-refractivity contribution < 1.29 is 23.1 Å². The summed E-state index contributed by atoms with van der Waals surface area (Å²) in [6, 6.07) is -1.76.